The lowest BCUT2D eigenvalue weighted by Crippen LogP contribution is -2.02. The molecule has 0 saturated heterocycles. The number of phenolic OH excluding ortho intramolecular Hbond substituents is 2. The normalized spacial score (nSPS) is 10.3. The first-order valence-electron chi connectivity index (χ1n) is 6.81. The van der Waals surface area contributed by atoms with Gasteiger partial charge in [0.15, 0.2) is 17.3 Å². The number of methoxy groups -OCH3 is 2. The third-order valence-electron chi connectivity index (χ3n) is 3.37. The average Bonchev–Trinajstić information content (AvgIpc) is 2.52. The maximum Gasteiger partial charge on any atom is 0.166 e. The molecule has 0 aliphatic carbocycles. The summed E-state index contributed by atoms with van der Waals surface area (Å²) in [5.41, 5.74) is 1.14. The van der Waals surface area contributed by atoms with Crippen LogP contribution < -0.4 is 9.47 Å². The predicted molar refractivity (Wildman–Crippen MR) is 82.0 cm³/mol. The number of ketones is 1. The maximum atomic E-state index is 12.1. The van der Waals surface area contributed by atoms with Crippen molar-refractivity contribution in [2.24, 2.45) is 0 Å². The summed E-state index contributed by atoms with van der Waals surface area (Å²) in [5, 5.41) is 18.9. The van der Waals surface area contributed by atoms with Crippen LogP contribution in [0.2, 0.25) is 0 Å². The van der Waals surface area contributed by atoms with Crippen molar-refractivity contribution in [2.75, 3.05) is 14.2 Å². The summed E-state index contributed by atoms with van der Waals surface area (Å²) < 4.78 is 10.4. The second kappa shape index (κ2) is 6.85. The smallest absolute Gasteiger partial charge is 0.166 e. The highest BCUT2D eigenvalue weighted by Crippen LogP contribution is 2.29. The van der Waals surface area contributed by atoms with Crippen LogP contribution in [0.1, 0.15) is 22.3 Å². The number of hydrogen-bond donors (Lipinski definition) is 2. The lowest BCUT2D eigenvalue weighted by molar-refractivity contribution is 0.0980. The van der Waals surface area contributed by atoms with Gasteiger partial charge in [-0.15, -0.1) is 0 Å². The van der Waals surface area contributed by atoms with Crippen molar-refractivity contribution in [2.45, 2.75) is 12.8 Å². The molecule has 5 heteroatoms. The second-order valence-corrected chi connectivity index (χ2v) is 4.81. The number of carbonyl (C=O) groups is 1. The molecule has 0 fully saturated rings. The Morgan fingerprint density at radius 1 is 1.00 bits per heavy atom. The van der Waals surface area contributed by atoms with E-state index in [1.165, 1.54) is 12.1 Å². The van der Waals surface area contributed by atoms with Crippen molar-refractivity contribution in [1.29, 1.82) is 0 Å². The van der Waals surface area contributed by atoms with E-state index in [9.17, 15) is 15.0 Å². The van der Waals surface area contributed by atoms with Gasteiger partial charge >= 0.3 is 0 Å². The molecule has 2 N–H and O–H groups in total. The minimum Gasteiger partial charge on any atom is -0.508 e. The molecule has 0 spiro atoms. The Morgan fingerprint density at radius 3 is 2.36 bits per heavy atom. The molecule has 22 heavy (non-hydrogen) atoms. The van der Waals surface area contributed by atoms with Gasteiger partial charge in [0.05, 0.1) is 19.8 Å². The fourth-order valence-electron chi connectivity index (χ4n) is 2.18. The lowest BCUT2D eigenvalue weighted by atomic mass is 10.0. The Kier molecular flexibility index (Phi) is 4.88. The van der Waals surface area contributed by atoms with E-state index in [0.717, 1.165) is 11.6 Å². The minimum absolute atomic E-state index is 0.0751. The van der Waals surface area contributed by atoms with Crippen molar-refractivity contribution in [3.63, 3.8) is 0 Å². The molecule has 0 radical (unpaired) electrons. The van der Waals surface area contributed by atoms with Crippen molar-refractivity contribution in [3.05, 3.63) is 47.5 Å². The van der Waals surface area contributed by atoms with E-state index in [1.54, 1.807) is 20.3 Å². The number of aromatic hydroxyl groups is 2. The SMILES string of the molecule is COc1ccc(CCC(=O)c2ccc(O)cc2O)cc1OC. The summed E-state index contributed by atoms with van der Waals surface area (Å²) in [7, 11) is 3.12. The number of hydrogen-bond acceptors (Lipinski definition) is 5. The minimum atomic E-state index is -0.211. The Balaban J connectivity index is 2.08. The monoisotopic (exact) mass is 302 g/mol. The Bertz CT molecular complexity index is 679. The van der Waals surface area contributed by atoms with Crippen molar-refractivity contribution in [3.8, 4) is 23.0 Å². The van der Waals surface area contributed by atoms with Gasteiger partial charge in [-0.3, -0.25) is 4.79 Å². The van der Waals surface area contributed by atoms with Gasteiger partial charge in [0, 0.05) is 12.5 Å². The Hall–Kier alpha value is -2.69. The molecule has 0 heterocycles. The van der Waals surface area contributed by atoms with E-state index in [1.807, 2.05) is 12.1 Å². The van der Waals surface area contributed by atoms with Gasteiger partial charge in [0.1, 0.15) is 11.5 Å². The number of aryl methyl sites for hydroxylation is 1. The molecule has 116 valence electrons. The average molecular weight is 302 g/mol. The molecule has 0 aliphatic rings. The zero-order valence-corrected chi connectivity index (χ0v) is 12.5. The van der Waals surface area contributed by atoms with Crippen LogP contribution in [0.5, 0.6) is 23.0 Å². The van der Waals surface area contributed by atoms with Crippen LogP contribution in [-0.4, -0.2) is 30.2 Å². The molecule has 0 saturated carbocycles. The number of rotatable bonds is 6. The van der Waals surface area contributed by atoms with Crippen LogP contribution in [0.3, 0.4) is 0 Å². The van der Waals surface area contributed by atoms with E-state index < -0.39 is 0 Å². The number of Topliss-reactive ketones (excluding diaryl/α,β-unsaturated/α-hetero) is 1. The quantitative estimate of drug-likeness (QED) is 0.802. The molecular weight excluding hydrogens is 284 g/mol. The molecule has 0 unspecified atom stereocenters. The summed E-state index contributed by atoms with van der Waals surface area (Å²) >= 11 is 0. The van der Waals surface area contributed by atoms with Crippen molar-refractivity contribution >= 4 is 5.78 Å². The Morgan fingerprint density at radius 2 is 1.73 bits per heavy atom. The van der Waals surface area contributed by atoms with Crippen LogP contribution >= 0.6 is 0 Å². The zero-order chi connectivity index (χ0) is 16.1. The summed E-state index contributed by atoms with van der Waals surface area (Å²) in [4.78, 5) is 12.1. The first-order valence-corrected chi connectivity index (χ1v) is 6.81. The highest BCUT2D eigenvalue weighted by molar-refractivity contribution is 5.98. The van der Waals surface area contributed by atoms with Gasteiger partial charge in [0.25, 0.3) is 0 Å². The molecule has 2 aromatic carbocycles. The van der Waals surface area contributed by atoms with Crippen LogP contribution in [-0.2, 0) is 6.42 Å². The molecule has 0 atom stereocenters. The lowest BCUT2D eigenvalue weighted by Gasteiger charge is -2.09. The van der Waals surface area contributed by atoms with Gasteiger partial charge in [-0.05, 0) is 36.2 Å². The van der Waals surface area contributed by atoms with Gasteiger partial charge in [0.2, 0.25) is 0 Å². The number of phenols is 2. The van der Waals surface area contributed by atoms with Crippen molar-refractivity contribution in [1.82, 2.24) is 0 Å². The predicted octanol–water partition coefficient (Wildman–Crippen LogP) is 2.93. The number of benzene rings is 2. The van der Waals surface area contributed by atoms with Crippen LogP contribution in [0.15, 0.2) is 36.4 Å². The summed E-state index contributed by atoms with van der Waals surface area (Å²) in [6.45, 7) is 0. The molecule has 0 bridgehead atoms. The third kappa shape index (κ3) is 3.49. The molecule has 5 nitrogen and oxygen atoms in total. The molecule has 0 aromatic heterocycles. The summed E-state index contributed by atoms with van der Waals surface area (Å²) in [5.74, 6) is 0.771. The maximum absolute atomic E-state index is 12.1. The van der Waals surface area contributed by atoms with E-state index in [4.69, 9.17) is 9.47 Å². The van der Waals surface area contributed by atoms with Crippen LogP contribution in [0.4, 0.5) is 0 Å². The number of carbonyl (C=O) groups excluding carboxylic acids is 1. The highest BCUT2D eigenvalue weighted by Gasteiger charge is 2.12. The molecule has 0 aliphatic heterocycles. The Labute approximate surface area is 128 Å². The molecule has 2 aromatic rings. The second-order valence-electron chi connectivity index (χ2n) is 4.81. The van der Waals surface area contributed by atoms with E-state index in [-0.39, 0.29) is 29.3 Å². The van der Waals surface area contributed by atoms with E-state index >= 15 is 0 Å². The first kappa shape index (κ1) is 15.7. The topological polar surface area (TPSA) is 76.0 Å². The highest BCUT2D eigenvalue weighted by atomic mass is 16.5. The molecular formula is C17H18O5. The number of ether oxygens (including phenoxy) is 2. The largest absolute Gasteiger partial charge is 0.508 e. The zero-order valence-electron chi connectivity index (χ0n) is 12.5. The van der Waals surface area contributed by atoms with Gasteiger partial charge in [-0.25, -0.2) is 0 Å². The third-order valence-corrected chi connectivity index (χ3v) is 3.37. The summed E-state index contributed by atoms with van der Waals surface area (Å²) in [6, 6.07) is 9.43. The first-order chi connectivity index (χ1) is 10.5. The van der Waals surface area contributed by atoms with E-state index in [2.05, 4.69) is 0 Å². The van der Waals surface area contributed by atoms with Gasteiger partial charge in [-0.2, -0.15) is 0 Å². The van der Waals surface area contributed by atoms with Gasteiger partial charge < -0.3 is 19.7 Å². The fraction of sp³-hybridized carbons (Fsp3) is 0.235. The van der Waals surface area contributed by atoms with Crippen LogP contribution in [0.25, 0.3) is 0 Å². The van der Waals surface area contributed by atoms with Crippen LogP contribution in [0, 0.1) is 0 Å². The van der Waals surface area contributed by atoms with E-state index in [0.29, 0.717) is 17.9 Å². The standard InChI is InChI=1S/C17H18O5/c1-21-16-8-4-11(9-17(16)22-2)3-7-14(19)13-6-5-12(18)10-15(13)20/h4-6,8-10,18,20H,3,7H2,1-2H3. The molecule has 0 amide bonds. The molecule has 2 rings (SSSR count). The van der Waals surface area contributed by atoms with Gasteiger partial charge in [-0.1, -0.05) is 6.07 Å². The fourth-order valence-corrected chi connectivity index (χ4v) is 2.18. The summed E-state index contributed by atoms with van der Waals surface area (Å²) in [6.07, 6.45) is 0.757. The van der Waals surface area contributed by atoms with Crippen molar-refractivity contribution < 1.29 is 24.5 Å².